The smallest absolute Gasteiger partial charge is 0.325 e. The van der Waals surface area contributed by atoms with Crippen LogP contribution in [0.5, 0.6) is 0 Å². The van der Waals surface area contributed by atoms with E-state index in [9.17, 15) is 23.6 Å². The summed E-state index contributed by atoms with van der Waals surface area (Å²) >= 11 is 0. The lowest BCUT2D eigenvalue weighted by Gasteiger charge is -2.27. The van der Waals surface area contributed by atoms with Crippen LogP contribution in [0.25, 0.3) is 0 Å². The molecule has 2 atom stereocenters. The van der Waals surface area contributed by atoms with Crippen molar-refractivity contribution in [1.29, 1.82) is 0 Å². The van der Waals surface area contributed by atoms with Gasteiger partial charge in [-0.1, -0.05) is 38.8 Å². The molecule has 0 unspecified atom stereocenters. The molecule has 2 rings (SSSR count). The largest absolute Gasteiger partial charge is 0.335 e. The minimum Gasteiger partial charge on any atom is -0.335 e. The van der Waals surface area contributed by atoms with E-state index in [1.54, 1.807) is 6.92 Å². The number of nitrogens with zero attached hydrogens (tertiary/aromatic N) is 1. The molecule has 1 aliphatic rings. The molecule has 1 heterocycles. The Kier molecular flexibility index (Phi) is 7.30. The number of benzene rings is 1. The van der Waals surface area contributed by atoms with Crippen LogP contribution in [0.2, 0.25) is 0 Å². The van der Waals surface area contributed by atoms with Gasteiger partial charge in [0.15, 0.2) is 0 Å². The summed E-state index contributed by atoms with van der Waals surface area (Å²) in [7, 11) is 0. The molecule has 8 nitrogen and oxygen atoms in total. The van der Waals surface area contributed by atoms with Gasteiger partial charge in [-0.3, -0.25) is 19.8 Å². The third kappa shape index (κ3) is 5.10. The van der Waals surface area contributed by atoms with E-state index in [1.807, 2.05) is 13.8 Å². The second-order valence-electron chi connectivity index (χ2n) is 7.17. The van der Waals surface area contributed by atoms with Crippen molar-refractivity contribution in [3.05, 3.63) is 35.6 Å². The zero-order valence-electron chi connectivity index (χ0n) is 16.9. The Morgan fingerprint density at radius 3 is 2.45 bits per heavy atom. The first-order valence-electron chi connectivity index (χ1n) is 9.74. The summed E-state index contributed by atoms with van der Waals surface area (Å²) in [6.07, 6.45) is 2.42. The van der Waals surface area contributed by atoms with E-state index in [2.05, 4.69) is 16.0 Å². The number of imide groups is 2. The minimum absolute atomic E-state index is 0.125. The van der Waals surface area contributed by atoms with Crippen molar-refractivity contribution in [3.8, 4) is 0 Å². The van der Waals surface area contributed by atoms with Crippen molar-refractivity contribution in [3.63, 3.8) is 0 Å². The first-order valence-corrected chi connectivity index (χ1v) is 9.74. The number of hydrogen-bond donors (Lipinski definition) is 3. The Labute approximate surface area is 169 Å². The number of carbonyl (C=O) groups is 4. The molecular weight excluding hydrogens is 379 g/mol. The van der Waals surface area contributed by atoms with Crippen molar-refractivity contribution in [2.45, 2.75) is 58.0 Å². The molecule has 9 heteroatoms. The molecule has 0 saturated carbocycles. The second-order valence-corrected chi connectivity index (χ2v) is 7.17. The monoisotopic (exact) mass is 406 g/mol. The van der Waals surface area contributed by atoms with E-state index < -0.39 is 41.8 Å². The zero-order chi connectivity index (χ0) is 21.6. The summed E-state index contributed by atoms with van der Waals surface area (Å²) in [4.78, 5) is 50.4. The maximum absolute atomic E-state index is 13.3. The van der Waals surface area contributed by atoms with Crippen molar-refractivity contribution in [1.82, 2.24) is 20.9 Å². The minimum atomic E-state index is -1.36. The molecule has 1 fully saturated rings. The van der Waals surface area contributed by atoms with Gasteiger partial charge in [-0.05, 0) is 37.5 Å². The molecule has 1 aromatic rings. The average molecular weight is 406 g/mol. The maximum atomic E-state index is 13.3. The number of amides is 6. The van der Waals surface area contributed by atoms with Crippen LogP contribution in [0.4, 0.5) is 14.0 Å². The van der Waals surface area contributed by atoms with Crippen LogP contribution >= 0.6 is 0 Å². The van der Waals surface area contributed by atoms with Gasteiger partial charge in [-0.2, -0.15) is 0 Å². The van der Waals surface area contributed by atoms with Crippen LogP contribution in [-0.2, 0) is 15.1 Å². The molecule has 1 aliphatic heterocycles. The van der Waals surface area contributed by atoms with Gasteiger partial charge < -0.3 is 10.6 Å². The lowest BCUT2D eigenvalue weighted by atomic mass is 9.85. The van der Waals surface area contributed by atoms with Crippen molar-refractivity contribution in [2.24, 2.45) is 0 Å². The van der Waals surface area contributed by atoms with Gasteiger partial charge in [-0.15, -0.1) is 0 Å². The zero-order valence-corrected chi connectivity index (χ0v) is 16.9. The molecule has 6 amide bonds. The summed E-state index contributed by atoms with van der Waals surface area (Å²) < 4.78 is 13.3. The number of hydrogen-bond acceptors (Lipinski definition) is 4. The van der Waals surface area contributed by atoms with Gasteiger partial charge >= 0.3 is 12.1 Å². The van der Waals surface area contributed by atoms with Gasteiger partial charge in [0.2, 0.25) is 5.91 Å². The molecule has 0 bridgehead atoms. The Morgan fingerprint density at radius 2 is 1.86 bits per heavy atom. The quantitative estimate of drug-likeness (QED) is 0.576. The number of unbranched alkanes of at least 4 members (excludes halogenated alkanes) is 1. The van der Waals surface area contributed by atoms with Crippen LogP contribution in [-0.4, -0.2) is 41.4 Å². The summed E-state index contributed by atoms with van der Waals surface area (Å²) in [5, 5.41) is 7.36. The van der Waals surface area contributed by atoms with Gasteiger partial charge in [0.1, 0.15) is 17.9 Å². The number of nitrogens with one attached hydrogen (secondary N) is 3. The molecule has 3 N–H and O–H groups in total. The highest BCUT2D eigenvalue weighted by Crippen LogP contribution is 2.34. The summed E-state index contributed by atoms with van der Waals surface area (Å²) in [5.41, 5.74) is -0.914. The Balaban J connectivity index is 2.17. The summed E-state index contributed by atoms with van der Waals surface area (Å²) in [6, 6.07) is 3.80. The third-order valence-electron chi connectivity index (χ3n) is 4.96. The highest BCUT2D eigenvalue weighted by molar-refractivity contribution is 6.10. The van der Waals surface area contributed by atoms with Crippen LogP contribution in [0.15, 0.2) is 24.3 Å². The maximum Gasteiger partial charge on any atom is 0.325 e. The molecule has 1 aromatic carbocycles. The Hall–Kier alpha value is -2.97. The van der Waals surface area contributed by atoms with Crippen molar-refractivity contribution >= 4 is 23.9 Å². The van der Waals surface area contributed by atoms with Crippen LogP contribution in [0.1, 0.15) is 52.0 Å². The predicted molar refractivity (Wildman–Crippen MR) is 104 cm³/mol. The van der Waals surface area contributed by atoms with Gasteiger partial charge in [0, 0.05) is 6.04 Å². The molecular formula is C20H27FN4O4. The lowest BCUT2D eigenvalue weighted by Crippen LogP contribution is -2.48. The summed E-state index contributed by atoms with van der Waals surface area (Å²) in [5.74, 6) is -1.83. The number of urea groups is 2. The predicted octanol–water partition coefficient (Wildman–Crippen LogP) is 2.39. The van der Waals surface area contributed by atoms with Gasteiger partial charge in [0.05, 0.1) is 0 Å². The van der Waals surface area contributed by atoms with Crippen LogP contribution in [0.3, 0.4) is 0 Å². The van der Waals surface area contributed by atoms with Crippen molar-refractivity contribution < 1.29 is 23.6 Å². The molecule has 0 aliphatic carbocycles. The highest BCUT2D eigenvalue weighted by atomic mass is 19.1. The SMILES string of the molecule is CCCC[C@]1(c2ccc(F)cc2)NC(=O)N(CC(=O)NC(=O)N[C@H](C)CC)C1=O. The number of carbonyl (C=O) groups excluding carboxylic acids is 4. The van der Waals surface area contributed by atoms with Gasteiger partial charge in [-0.25, -0.2) is 14.0 Å². The average Bonchev–Trinajstić information content (AvgIpc) is 2.91. The van der Waals surface area contributed by atoms with E-state index in [4.69, 9.17) is 0 Å². The number of halogens is 1. The van der Waals surface area contributed by atoms with E-state index in [1.165, 1.54) is 24.3 Å². The van der Waals surface area contributed by atoms with E-state index in [0.29, 0.717) is 24.8 Å². The molecule has 0 aromatic heterocycles. The summed E-state index contributed by atoms with van der Waals surface area (Å²) in [6.45, 7) is 5.02. The molecule has 158 valence electrons. The topological polar surface area (TPSA) is 108 Å². The molecule has 0 radical (unpaired) electrons. The van der Waals surface area contributed by atoms with Crippen molar-refractivity contribution in [2.75, 3.05) is 6.54 Å². The first-order chi connectivity index (χ1) is 13.7. The Bertz CT molecular complexity index is 783. The van der Waals surface area contributed by atoms with E-state index >= 15 is 0 Å². The van der Waals surface area contributed by atoms with Gasteiger partial charge in [0.25, 0.3) is 5.91 Å². The highest BCUT2D eigenvalue weighted by Gasteiger charge is 2.52. The standard InChI is InChI=1S/C20H27FN4O4/c1-4-6-11-20(14-7-9-15(21)10-8-14)17(27)25(19(29)24-20)12-16(26)23-18(28)22-13(3)5-2/h7-10,13H,4-6,11-12H2,1-3H3,(H,24,29)(H2,22,23,26,28)/t13-,20-/m1/s1. The Morgan fingerprint density at radius 1 is 1.21 bits per heavy atom. The fraction of sp³-hybridized carbons (Fsp3) is 0.500. The number of rotatable bonds is 8. The lowest BCUT2D eigenvalue weighted by molar-refractivity contribution is -0.135. The second kappa shape index (κ2) is 9.49. The fourth-order valence-corrected chi connectivity index (χ4v) is 3.13. The van der Waals surface area contributed by atoms with E-state index in [0.717, 1.165) is 11.3 Å². The fourth-order valence-electron chi connectivity index (χ4n) is 3.13. The third-order valence-corrected chi connectivity index (χ3v) is 4.96. The van der Waals surface area contributed by atoms with Crippen LogP contribution in [0, 0.1) is 5.82 Å². The normalized spacial score (nSPS) is 19.7. The van der Waals surface area contributed by atoms with E-state index in [-0.39, 0.29) is 6.04 Å². The van der Waals surface area contributed by atoms with Crippen LogP contribution < -0.4 is 16.0 Å². The molecule has 0 spiro atoms. The molecule has 29 heavy (non-hydrogen) atoms. The molecule has 1 saturated heterocycles. The first kappa shape index (κ1) is 22.3.